The number of carbonyl (C=O) groups excluding carboxylic acids is 1. The van der Waals surface area contributed by atoms with Gasteiger partial charge in [-0.05, 0) is 24.8 Å². The van der Waals surface area contributed by atoms with Crippen molar-refractivity contribution in [2.45, 2.75) is 19.0 Å². The molecule has 0 spiro atoms. The molecule has 2 aromatic heterocycles. The van der Waals surface area contributed by atoms with Crippen LogP contribution in [0.4, 0.5) is 19.0 Å². The topological polar surface area (TPSA) is 54.3 Å². The van der Waals surface area contributed by atoms with Crippen LogP contribution in [0, 0.1) is 5.92 Å². The zero-order valence-electron chi connectivity index (χ0n) is 15.6. The van der Waals surface area contributed by atoms with Crippen molar-refractivity contribution in [1.29, 1.82) is 0 Å². The number of nitrogens with zero attached hydrogens (tertiary/aromatic N) is 5. The van der Waals surface area contributed by atoms with Crippen molar-refractivity contribution in [3.05, 3.63) is 40.8 Å². The first kappa shape index (κ1) is 20.4. The summed E-state index contributed by atoms with van der Waals surface area (Å²) < 4.78 is 39.8. The largest absolute Gasteiger partial charge is 0.417 e. The predicted octanol–water partition coefficient (Wildman–Crippen LogP) is 3.48. The molecule has 0 N–H and O–H groups in total. The summed E-state index contributed by atoms with van der Waals surface area (Å²) in [5.41, 5.74) is -0.310. The van der Waals surface area contributed by atoms with Gasteiger partial charge in [-0.2, -0.15) is 18.3 Å². The number of alkyl halides is 3. The van der Waals surface area contributed by atoms with Crippen LogP contribution in [0.3, 0.4) is 0 Å². The summed E-state index contributed by atoms with van der Waals surface area (Å²) >= 11 is 6.04. The van der Waals surface area contributed by atoms with Crippen LogP contribution in [0.5, 0.6) is 0 Å². The molecule has 0 bridgehead atoms. The number of amides is 1. The van der Waals surface area contributed by atoms with Crippen molar-refractivity contribution >= 4 is 23.3 Å². The number of rotatable bonds is 4. The lowest BCUT2D eigenvalue weighted by molar-refractivity contribution is -0.137. The Morgan fingerprint density at radius 2 is 2.00 bits per heavy atom. The fourth-order valence-electron chi connectivity index (χ4n) is 3.37. The van der Waals surface area contributed by atoms with E-state index in [4.69, 9.17) is 11.6 Å². The maximum atomic E-state index is 12.8. The van der Waals surface area contributed by atoms with Crippen molar-refractivity contribution in [1.82, 2.24) is 19.7 Å². The molecule has 0 saturated carbocycles. The Morgan fingerprint density at radius 3 is 2.54 bits per heavy atom. The average Bonchev–Trinajstić information content (AvgIpc) is 3.07. The number of hydrogen-bond donors (Lipinski definition) is 0. The zero-order valence-corrected chi connectivity index (χ0v) is 16.3. The predicted molar refractivity (Wildman–Crippen MR) is 99.4 cm³/mol. The second-order valence-electron chi connectivity index (χ2n) is 7.05. The first-order chi connectivity index (χ1) is 13.1. The van der Waals surface area contributed by atoms with Gasteiger partial charge in [-0.1, -0.05) is 11.6 Å². The molecular weight excluding hydrogens is 395 g/mol. The number of carbonyl (C=O) groups is 1. The first-order valence-corrected chi connectivity index (χ1v) is 9.24. The van der Waals surface area contributed by atoms with Gasteiger partial charge < -0.3 is 9.80 Å². The van der Waals surface area contributed by atoms with Crippen molar-refractivity contribution in [2.24, 2.45) is 13.0 Å². The molecule has 28 heavy (non-hydrogen) atoms. The number of aromatic nitrogens is 3. The van der Waals surface area contributed by atoms with Crippen LogP contribution in [0.2, 0.25) is 5.02 Å². The Kier molecular flexibility index (Phi) is 5.83. The molecule has 1 aliphatic heterocycles. The van der Waals surface area contributed by atoms with Crippen LogP contribution in [-0.4, -0.2) is 52.3 Å². The number of pyridine rings is 1. The number of anilines is 1. The SMILES string of the molecule is CN(CC1CCN(c2ncc(C(F)(F)F)cc2Cl)CC1)C(=O)c1cnn(C)c1. The van der Waals surface area contributed by atoms with Gasteiger partial charge in [0, 0.05) is 46.1 Å². The first-order valence-electron chi connectivity index (χ1n) is 8.87. The molecule has 1 saturated heterocycles. The van der Waals surface area contributed by atoms with Gasteiger partial charge in [-0.15, -0.1) is 0 Å². The number of piperidine rings is 1. The monoisotopic (exact) mass is 415 g/mol. The zero-order chi connectivity index (χ0) is 20.5. The van der Waals surface area contributed by atoms with Crippen molar-refractivity contribution < 1.29 is 18.0 Å². The van der Waals surface area contributed by atoms with Gasteiger partial charge in [0.2, 0.25) is 0 Å². The van der Waals surface area contributed by atoms with E-state index >= 15 is 0 Å². The highest BCUT2D eigenvalue weighted by Gasteiger charge is 2.32. The minimum atomic E-state index is -4.46. The lowest BCUT2D eigenvalue weighted by Gasteiger charge is -2.35. The third-order valence-corrected chi connectivity index (χ3v) is 5.17. The molecule has 0 aromatic carbocycles. The van der Waals surface area contributed by atoms with E-state index in [2.05, 4.69) is 10.1 Å². The van der Waals surface area contributed by atoms with Gasteiger partial charge in [0.05, 0.1) is 22.3 Å². The Morgan fingerprint density at radius 1 is 1.32 bits per heavy atom. The van der Waals surface area contributed by atoms with E-state index in [-0.39, 0.29) is 10.9 Å². The summed E-state index contributed by atoms with van der Waals surface area (Å²) in [6.45, 7) is 1.85. The highest BCUT2D eigenvalue weighted by Crippen LogP contribution is 2.34. The number of hydrogen-bond acceptors (Lipinski definition) is 4. The Labute approximate surface area is 165 Å². The molecule has 0 atom stereocenters. The van der Waals surface area contributed by atoms with E-state index in [1.807, 2.05) is 4.90 Å². The Hall–Kier alpha value is -2.29. The second-order valence-corrected chi connectivity index (χ2v) is 7.45. The summed E-state index contributed by atoms with van der Waals surface area (Å²) in [7, 11) is 3.52. The van der Waals surface area contributed by atoms with Crippen LogP contribution in [0.1, 0.15) is 28.8 Å². The van der Waals surface area contributed by atoms with E-state index in [0.29, 0.717) is 36.9 Å². The molecular formula is C18H21ClF3N5O. The average molecular weight is 416 g/mol. The highest BCUT2D eigenvalue weighted by atomic mass is 35.5. The highest BCUT2D eigenvalue weighted by molar-refractivity contribution is 6.33. The molecule has 6 nitrogen and oxygen atoms in total. The van der Waals surface area contributed by atoms with Gasteiger partial charge in [-0.3, -0.25) is 9.48 Å². The van der Waals surface area contributed by atoms with Gasteiger partial charge >= 0.3 is 6.18 Å². The molecule has 0 aliphatic carbocycles. The molecule has 1 amide bonds. The molecule has 3 rings (SSSR count). The van der Waals surface area contributed by atoms with Crippen LogP contribution < -0.4 is 4.90 Å². The van der Waals surface area contributed by atoms with E-state index < -0.39 is 11.7 Å². The quantitative estimate of drug-likeness (QED) is 0.767. The fourth-order valence-corrected chi connectivity index (χ4v) is 3.65. The van der Waals surface area contributed by atoms with Crippen LogP contribution in [-0.2, 0) is 13.2 Å². The molecule has 0 unspecified atom stereocenters. The fraction of sp³-hybridized carbons (Fsp3) is 0.500. The standard InChI is InChI=1S/C18H21ClF3N5O/c1-25(17(28)13-8-24-26(2)11-13)10-12-3-5-27(6-4-12)16-15(19)7-14(9-23-16)18(20,21)22/h7-9,11-12H,3-6,10H2,1-2H3. The van der Waals surface area contributed by atoms with Crippen molar-refractivity contribution in [3.8, 4) is 0 Å². The summed E-state index contributed by atoms with van der Waals surface area (Å²) in [6, 6.07) is 0.913. The summed E-state index contributed by atoms with van der Waals surface area (Å²) in [5, 5.41) is 4.01. The van der Waals surface area contributed by atoms with E-state index in [9.17, 15) is 18.0 Å². The second kappa shape index (κ2) is 7.98. The van der Waals surface area contributed by atoms with Crippen LogP contribution in [0.15, 0.2) is 24.7 Å². The Balaban J connectivity index is 1.56. The maximum absolute atomic E-state index is 12.8. The smallest absolute Gasteiger partial charge is 0.355 e. The van der Waals surface area contributed by atoms with Gasteiger partial charge in [0.1, 0.15) is 5.82 Å². The third-order valence-electron chi connectivity index (χ3n) is 4.89. The molecule has 3 heterocycles. The summed E-state index contributed by atoms with van der Waals surface area (Å²) in [6.07, 6.45) is 1.16. The van der Waals surface area contributed by atoms with Crippen molar-refractivity contribution in [3.63, 3.8) is 0 Å². The Bertz CT molecular complexity index is 846. The minimum Gasteiger partial charge on any atom is -0.355 e. The summed E-state index contributed by atoms with van der Waals surface area (Å²) in [5.74, 6) is 0.589. The van der Waals surface area contributed by atoms with Crippen LogP contribution in [0.25, 0.3) is 0 Å². The van der Waals surface area contributed by atoms with Gasteiger partial charge in [0.25, 0.3) is 5.91 Å². The molecule has 1 fully saturated rings. The number of aryl methyl sites for hydroxylation is 1. The number of halogens is 4. The molecule has 10 heteroatoms. The molecule has 1 aliphatic rings. The normalized spacial score (nSPS) is 15.7. The van der Waals surface area contributed by atoms with E-state index in [1.54, 1.807) is 36.1 Å². The van der Waals surface area contributed by atoms with Crippen LogP contribution >= 0.6 is 11.6 Å². The molecule has 152 valence electrons. The summed E-state index contributed by atoms with van der Waals surface area (Å²) in [4.78, 5) is 19.9. The lowest BCUT2D eigenvalue weighted by Crippen LogP contribution is -2.39. The van der Waals surface area contributed by atoms with Gasteiger partial charge in [-0.25, -0.2) is 4.98 Å². The van der Waals surface area contributed by atoms with Crippen molar-refractivity contribution in [2.75, 3.05) is 31.6 Å². The minimum absolute atomic E-state index is 0.00264. The lowest BCUT2D eigenvalue weighted by atomic mass is 9.96. The third kappa shape index (κ3) is 4.57. The maximum Gasteiger partial charge on any atom is 0.417 e. The van der Waals surface area contributed by atoms with E-state index in [0.717, 1.165) is 25.1 Å². The van der Waals surface area contributed by atoms with Gasteiger partial charge in [0.15, 0.2) is 0 Å². The molecule has 2 aromatic rings. The van der Waals surface area contributed by atoms with E-state index in [1.165, 1.54) is 0 Å². The molecule has 0 radical (unpaired) electrons.